The van der Waals surface area contributed by atoms with Crippen molar-refractivity contribution >= 4 is 40.2 Å². The number of carboxylic acid groups (broad SMARTS) is 1. The molecule has 7 heteroatoms. The standard InChI is InChI=1S/C12H10IN3O3/c1-16-5-4-10(15-16)11(17)14-9-3-2-7(13)6-8(9)12(18)19/h2-6H,1H3,(H,14,17)(H,18,19). The molecule has 1 amide bonds. The molecule has 6 nitrogen and oxygen atoms in total. The van der Waals surface area contributed by atoms with Crippen LogP contribution in [-0.4, -0.2) is 26.8 Å². The minimum Gasteiger partial charge on any atom is -0.478 e. The van der Waals surface area contributed by atoms with E-state index < -0.39 is 11.9 Å². The second-order valence-electron chi connectivity index (χ2n) is 3.82. The number of nitrogens with zero attached hydrogens (tertiary/aromatic N) is 2. The molecule has 0 radical (unpaired) electrons. The van der Waals surface area contributed by atoms with E-state index in [0.29, 0.717) is 0 Å². The molecule has 1 aromatic heterocycles. The molecule has 2 rings (SSSR count). The number of hydrogen-bond acceptors (Lipinski definition) is 3. The van der Waals surface area contributed by atoms with Gasteiger partial charge in [0.05, 0.1) is 11.3 Å². The lowest BCUT2D eigenvalue weighted by molar-refractivity contribution is 0.0698. The molecule has 0 saturated carbocycles. The predicted octanol–water partition coefficient (Wildman–Crippen LogP) is 1.98. The Bertz CT molecular complexity index is 651. The van der Waals surface area contributed by atoms with Gasteiger partial charge < -0.3 is 10.4 Å². The molecule has 98 valence electrons. The topological polar surface area (TPSA) is 84.2 Å². The highest BCUT2D eigenvalue weighted by atomic mass is 127. The second kappa shape index (κ2) is 5.39. The van der Waals surface area contributed by atoms with Gasteiger partial charge in [-0.1, -0.05) is 0 Å². The van der Waals surface area contributed by atoms with Gasteiger partial charge in [0.15, 0.2) is 5.69 Å². The van der Waals surface area contributed by atoms with Crippen LogP contribution in [0.3, 0.4) is 0 Å². The fourth-order valence-electron chi connectivity index (χ4n) is 1.52. The number of aromatic carboxylic acids is 1. The largest absolute Gasteiger partial charge is 0.478 e. The third-order valence-electron chi connectivity index (χ3n) is 2.41. The van der Waals surface area contributed by atoms with Gasteiger partial charge in [0, 0.05) is 16.8 Å². The predicted molar refractivity (Wildman–Crippen MR) is 77.3 cm³/mol. The van der Waals surface area contributed by atoms with Gasteiger partial charge in [-0.05, 0) is 46.9 Å². The van der Waals surface area contributed by atoms with Crippen LogP contribution in [0.2, 0.25) is 0 Å². The maximum absolute atomic E-state index is 11.9. The molecular formula is C12H10IN3O3. The van der Waals surface area contributed by atoms with E-state index in [0.717, 1.165) is 3.57 Å². The number of amides is 1. The lowest BCUT2D eigenvalue weighted by Gasteiger charge is -2.07. The third kappa shape index (κ3) is 3.11. The fraction of sp³-hybridized carbons (Fsp3) is 0.0833. The molecular weight excluding hydrogens is 361 g/mol. The van der Waals surface area contributed by atoms with E-state index in [9.17, 15) is 9.59 Å². The highest BCUT2D eigenvalue weighted by Crippen LogP contribution is 2.19. The highest BCUT2D eigenvalue weighted by molar-refractivity contribution is 14.1. The third-order valence-corrected chi connectivity index (χ3v) is 3.08. The van der Waals surface area contributed by atoms with Gasteiger partial charge in [0.2, 0.25) is 0 Å². The maximum Gasteiger partial charge on any atom is 0.337 e. The summed E-state index contributed by atoms with van der Waals surface area (Å²) < 4.78 is 2.28. The minimum absolute atomic E-state index is 0.0520. The van der Waals surface area contributed by atoms with Crippen molar-refractivity contribution in [2.75, 3.05) is 5.32 Å². The Kier molecular flexibility index (Phi) is 3.84. The second-order valence-corrected chi connectivity index (χ2v) is 5.07. The normalized spacial score (nSPS) is 10.2. The molecule has 0 atom stereocenters. The Hall–Kier alpha value is -1.90. The van der Waals surface area contributed by atoms with Crippen molar-refractivity contribution in [3.8, 4) is 0 Å². The summed E-state index contributed by atoms with van der Waals surface area (Å²) in [5.74, 6) is -1.53. The maximum atomic E-state index is 11.9. The van der Waals surface area contributed by atoms with Crippen LogP contribution in [0.5, 0.6) is 0 Å². The highest BCUT2D eigenvalue weighted by Gasteiger charge is 2.15. The lowest BCUT2D eigenvalue weighted by Crippen LogP contribution is -2.15. The number of aromatic nitrogens is 2. The summed E-state index contributed by atoms with van der Waals surface area (Å²) >= 11 is 2.01. The average molecular weight is 371 g/mol. The molecule has 0 fully saturated rings. The smallest absolute Gasteiger partial charge is 0.337 e. The molecule has 0 aliphatic heterocycles. The van der Waals surface area contributed by atoms with E-state index in [1.165, 1.54) is 10.7 Å². The van der Waals surface area contributed by atoms with Gasteiger partial charge in [0.25, 0.3) is 5.91 Å². The average Bonchev–Trinajstić information content (AvgIpc) is 2.78. The van der Waals surface area contributed by atoms with E-state index in [4.69, 9.17) is 5.11 Å². The quantitative estimate of drug-likeness (QED) is 0.809. The van der Waals surface area contributed by atoms with E-state index >= 15 is 0 Å². The molecule has 0 aliphatic rings. The van der Waals surface area contributed by atoms with E-state index in [-0.39, 0.29) is 16.9 Å². The number of anilines is 1. The van der Waals surface area contributed by atoms with Crippen molar-refractivity contribution < 1.29 is 14.7 Å². The fourth-order valence-corrected chi connectivity index (χ4v) is 2.02. The van der Waals surface area contributed by atoms with E-state index in [1.807, 2.05) is 22.6 Å². The zero-order valence-electron chi connectivity index (χ0n) is 9.92. The summed E-state index contributed by atoms with van der Waals surface area (Å²) in [7, 11) is 1.70. The van der Waals surface area contributed by atoms with Crippen LogP contribution in [0, 0.1) is 3.57 Å². The summed E-state index contributed by atoms with van der Waals surface area (Å²) in [5, 5.41) is 15.6. The van der Waals surface area contributed by atoms with Gasteiger partial charge in [-0.2, -0.15) is 5.10 Å². The van der Waals surface area contributed by atoms with Gasteiger partial charge >= 0.3 is 5.97 Å². The van der Waals surface area contributed by atoms with Crippen molar-refractivity contribution in [1.29, 1.82) is 0 Å². The number of carbonyl (C=O) groups excluding carboxylic acids is 1. The lowest BCUT2D eigenvalue weighted by atomic mass is 10.2. The number of halogens is 1. The van der Waals surface area contributed by atoms with Crippen molar-refractivity contribution in [3.63, 3.8) is 0 Å². The molecule has 0 aliphatic carbocycles. The van der Waals surface area contributed by atoms with Crippen molar-refractivity contribution in [3.05, 3.63) is 45.3 Å². The molecule has 0 bridgehead atoms. The zero-order valence-corrected chi connectivity index (χ0v) is 12.1. The Morgan fingerprint density at radius 1 is 1.37 bits per heavy atom. The van der Waals surface area contributed by atoms with Crippen LogP contribution in [0.15, 0.2) is 30.5 Å². The van der Waals surface area contributed by atoms with Crippen LogP contribution in [0.1, 0.15) is 20.8 Å². The molecule has 0 unspecified atom stereocenters. The van der Waals surface area contributed by atoms with Gasteiger partial charge in [0.1, 0.15) is 0 Å². The summed E-state index contributed by atoms with van der Waals surface area (Å²) in [6.45, 7) is 0. The van der Waals surface area contributed by atoms with Gasteiger partial charge in [-0.25, -0.2) is 4.79 Å². The number of benzene rings is 1. The Morgan fingerprint density at radius 2 is 2.11 bits per heavy atom. The number of aryl methyl sites for hydroxylation is 1. The molecule has 1 heterocycles. The van der Waals surface area contributed by atoms with Crippen LogP contribution in [0.25, 0.3) is 0 Å². The van der Waals surface area contributed by atoms with Crippen LogP contribution in [0.4, 0.5) is 5.69 Å². The number of nitrogens with one attached hydrogen (secondary N) is 1. The molecule has 1 aromatic carbocycles. The number of hydrogen-bond donors (Lipinski definition) is 2. The number of carboxylic acids is 1. The summed E-state index contributed by atoms with van der Waals surface area (Å²) in [5.41, 5.74) is 0.539. The first-order valence-corrected chi connectivity index (χ1v) is 6.39. The Labute approximate surface area is 122 Å². The van der Waals surface area contributed by atoms with Crippen LogP contribution >= 0.6 is 22.6 Å². The van der Waals surface area contributed by atoms with Crippen molar-refractivity contribution in [2.24, 2.45) is 7.05 Å². The molecule has 19 heavy (non-hydrogen) atoms. The Balaban J connectivity index is 2.28. The zero-order chi connectivity index (χ0) is 14.0. The SMILES string of the molecule is Cn1ccc(C(=O)Nc2ccc(I)cc2C(=O)O)n1. The van der Waals surface area contributed by atoms with Crippen molar-refractivity contribution in [2.45, 2.75) is 0 Å². The summed E-state index contributed by atoms with van der Waals surface area (Å²) in [6, 6.07) is 6.34. The van der Waals surface area contributed by atoms with Gasteiger partial charge in [-0.15, -0.1) is 0 Å². The first kappa shape index (κ1) is 13.5. The number of carbonyl (C=O) groups is 2. The molecule has 0 spiro atoms. The van der Waals surface area contributed by atoms with Crippen LogP contribution in [-0.2, 0) is 7.05 Å². The van der Waals surface area contributed by atoms with Crippen LogP contribution < -0.4 is 5.32 Å². The molecule has 2 N–H and O–H groups in total. The minimum atomic E-state index is -1.09. The molecule has 2 aromatic rings. The Morgan fingerprint density at radius 3 is 2.68 bits per heavy atom. The summed E-state index contributed by atoms with van der Waals surface area (Å²) in [4.78, 5) is 23.0. The van der Waals surface area contributed by atoms with E-state index in [1.54, 1.807) is 31.4 Å². The first-order chi connectivity index (χ1) is 8.97. The first-order valence-electron chi connectivity index (χ1n) is 5.31. The van der Waals surface area contributed by atoms with E-state index in [2.05, 4.69) is 10.4 Å². The monoisotopic (exact) mass is 371 g/mol. The summed E-state index contributed by atoms with van der Waals surface area (Å²) in [6.07, 6.45) is 1.64. The van der Waals surface area contributed by atoms with Crippen molar-refractivity contribution in [1.82, 2.24) is 9.78 Å². The van der Waals surface area contributed by atoms with Gasteiger partial charge in [-0.3, -0.25) is 9.48 Å². The number of rotatable bonds is 3. The molecule has 0 saturated heterocycles.